The van der Waals surface area contributed by atoms with E-state index in [1.165, 1.54) is 25.1 Å². The number of ketones is 1. The lowest BCUT2D eigenvalue weighted by Crippen LogP contribution is -2.36. The first-order valence-electron chi connectivity index (χ1n) is 5.58. The highest BCUT2D eigenvalue weighted by molar-refractivity contribution is 6.31. The second-order valence-corrected chi connectivity index (χ2v) is 4.81. The van der Waals surface area contributed by atoms with Gasteiger partial charge in [0.15, 0.2) is 0 Å². The van der Waals surface area contributed by atoms with Gasteiger partial charge in [-0.05, 0) is 25.5 Å². The van der Waals surface area contributed by atoms with Gasteiger partial charge >= 0.3 is 5.97 Å². The van der Waals surface area contributed by atoms with Gasteiger partial charge in [-0.1, -0.05) is 17.7 Å². The normalized spacial score (nSPS) is 22.9. The van der Waals surface area contributed by atoms with E-state index in [9.17, 15) is 14.0 Å². The van der Waals surface area contributed by atoms with Crippen LogP contribution < -0.4 is 0 Å². The van der Waals surface area contributed by atoms with E-state index >= 15 is 0 Å². The molecule has 3 nitrogen and oxygen atoms in total. The first kappa shape index (κ1) is 13.0. The van der Waals surface area contributed by atoms with Crippen LogP contribution in [0.3, 0.4) is 0 Å². The highest BCUT2D eigenvalue weighted by atomic mass is 35.5. The maximum absolute atomic E-state index is 13.7. The quantitative estimate of drug-likeness (QED) is 0.626. The predicted molar refractivity (Wildman–Crippen MR) is 63.8 cm³/mol. The summed E-state index contributed by atoms with van der Waals surface area (Å²) in [7, 11) is 0. The number of carbonyl (C=O) groups excluding carboxylic acids is 2. The Bertz CT molecular complexity index is 495. The lowest BCUT2D eigenvalue weighted by Gasteiger charge is -2.22. The van der Waals surface area contributed by atoms with Gasteiger partial charge in [-0.2, -0.15) is 0 Å². The Morgan fingerprint density at radius 1 is 1.56 bits per heavy atom. The van der Waals surface area contributed by atoms with Crippen LogP contribution in [0.15, 0.2) is 18.2 Å². The minimum atomic E-state index is -1.29. The molecule has 1 atom stereocenters. The molecule has 1 saturated heterocycles. The molecule has 0 spiro atoms. The van der Waals surface area contributed by atoms with Crippen molar-refractivity contribution in [2.75, 3.05) is 6.61 Å². The highest BCUT2D eigenvalue weighted by Gasteiger charge is 2.49. The number of benzene rings is 1. The average Bonchev–Trinajstić information content (AvgIpc) is 2.67. The number of Topliss-reactive ketones (excluding diaryl/α,β-unsaturated/α-hetero) is 1. The summed E-state index contributed by atoms with van der Waals surface area (Å²) in [5.41, 5.74) is -1.10. The molecular formula is C13H12ClFO3. The Morgan fingerprint density at radius 3 is 2.78 bits per heavy atom. The molecule has 0 saturated carbocycles. The van der Waals surface area contributed by atoms with Crippen LogP contribution in [0.1, 0.15) is 18.9 Å². The number of carbonyl (C=O) groups is 2. The van der Waals surface area contributed by atoms with Gasteiger partial charge in [0.25, 0.3) is 0 Å². The maximum Gasteiger partial charge on any atom is 0.320 e. The van der Waals surface area contributed by atoms with E-state index < -0.39 is 17.2 Å². The van der Waals surface area contributed by atoms with Gasteiger partial charge in [0.1, 0.15) is 17.0 Å². The summed E-state index contributed by atoms with van der Waals surface area (Å²) in [6.45, 7) is 1.51. The summed E-state index contributed by atoms with van der Waals surface area (Å²) in [6, 6.07) is 4.28. The molecule has 0 amide bonds. The largest absolute Gasteiger partial charge is 0.465 e. The summed E-state index contributed by atoms with van der Waals surface area (Å²) in [6.07, 6.45) is 0.221. The first-order valence-corrected chi connectivity index (χ1v) is 5.96. The van der Waals surface area contributed by atoms with E-state index in [2.05, 4.69) is 0 Å². The molecule has 0 radical (unpaired) electrons. The third kappa shape index (κ3) is 2.01. The molecule has 1 aromatic rings. The number of hydrogen-bond donors (Lipinski definition) is 0. The van der Waals surface area contributed by atoms with Crippen molar-refractivity contribution >= 4 is 23.4 Å². The molecule has 1 aliphatic rings. The van der Waals surface area contributed by atoms with Crippen LogP contribution in [-0.2, 0) is 20.7 Å². The zero-order valence-corrected chi connectivity index (χ0v) is 10.6. The van der Waals surface area contributed by atoms with Crippen molar-refractivity contribution in [2.45, 2.75) is 19.8 Å². The standard InChI is InChI=1S/C13H12ClFO3/c1-8(16)13(5-6-18-12(13)17)7-9-10(14)3-2-4-11(9)15/h2-4H,5-7H2,1H3. The lowest BCUT2D eigenvalue weighted by atomic mass is 9.77. The number of esters is 1. The molecule has 1 aliphatic heterocycles. The first-order chi connectivity index (χ1) is 8.47. The summed E-state index contributed by atoms with van der Waals surface area (Å²) in [5.74, 6) is -1.42. The van der Waals surface area contributed by atoms with E-state index in [1.54, 1.807) is 0 Å². The number of hydrogen-bond acceptors (Lipinski definition) is 3. The number of ether oxygens (including phenoxy) is 1. The Labute approximate surface area is 109 Å². The van der Waals surface area contributed by atoms with E-state index in [0.29, 0.717) is 0 Å². The van der Waals surface area contributed by atoms with Crippen molar-refractivity contribution < 1.29 is 18.7 Å². The van der Waals surface area contributed by atoms with Crippen LogP contribution in [-0.4, -0.2) is 18.4 Å². The highest BCUT2D eigenvalue weighted by Crippen LogP contribution is 2.37. The second kappa shape index (κ2) is 4.69. The van der Waals surface area contributed by atoms with Gasteiger partial charge in [-0.3, -0.25) is 9.59 Å². The zero-order chi connectivity index (χ0) is 13.3. The van der Waals surface area contributed by atoms with Gasteiger partial charge in [-0.15, -0.1) is 0 Å². The summed E-state index contributed by atoms with van der Waals surface area (Å²) in [4.78, 5) is 23.5. The summed E-state index contributed by atoms with van der Waals surface area (Å²) in [5, 5.41) is 0.218. The number of rotatable bonds is 3. The fourth-order valence-electron chi connectivity index (χ4n) is 2.17. The molecule has 1 unspecified atom stereocenters. The zero-order valence-electron chi connectivity index (χ0n) is 9.83. The number of halogens is 2. The minimum Gasteiger partial charge on any atom is -0.465 e. The molecule has 2 rings (SSSR count). The van der Waals surface area contributed by atoms with Crippen molar-refractivity contribution in [1.82, 2.24) is 0 Å². The average molecular weight is 271 g/mol. The van der Waals surface area contributed by atoms with Gasteiger partial charge in [-0.25, -0.2) is 4.39 Å². The van der Waals surface area contributed by atoms with Crippen LogP contribution >= 0.6 is 11.6 Å². The molecule has 5 heteroatoms. The molecule has 1 aromatic carbocycles. The summed E-state index contributed by atoms with van der Waals surface area (Å²) >= 11 is 5.92. The van der Waals surface area contributed by atoms with Gasteiger partial charge in [0.2, 0.25) is 0 Å². The van der Waals surface area contributed by atoms with Crippen molar-refractivity contribution in [2.24, 2.45) is 5.41 Å². The van der Waals surface area contributed by atoms with Crippen LogP contribution in [0.5, 0.6) is 0 Å². The van der Waals surface area contributed by atoms with Gasteiger partial charge in [0.05, 0.1) is 6.61 Å². The van der Waals surface area contributed by atoms with Crippen LogP contribution in [0.4, 0.5) is 4.39 Å². The number of cyclic esters (lactones) is 1. The van der Waals surface area contributed by atoms with Crippen molar-refractivity contribution in [1.29, 1.82) is 0 Å². The van der Waals surface area contributed by atoms with E-state index in [4.69, 9.17) is 16.3 Å². The predicted octanol–water partition coefficient (Wildman–Crippen LogP) is 2.54. The molecule has 96 valence electrons. The van der Waals surface area contributed by atoms with Crippen molar-refractivity contribution in [3.8, 4) is 0 Å². The molecule has 0 aliphatic carbocycles. The summed E-state index contributed by atoms with van der Waals surface area (Å²) < 4.78 is 18.6. The van der Waals surface area contributed by atoms with Crippen LogP contribution in [0, 0.1) is 11.2 Å². The molecule has 1 heterocycles. The molecule has 0 bridgehead atoms. The Balaban J connectivity index is 2.42. The Kier molecular flexibility index (Phi) is 3.39. The second-order valence-electron chi connectivity index (χ2n) is 4.40. The molecule has 0 aromatic heterocycles. The molecule has 1 fully saturated rings. The fourth-order valence-corrected chi connectivity index (χ4v) is 2.40. The fraction of sp³-hybridized carbons (Fsp3) is 0.385. The van der Waals surface area contributed by atoms with Crippen molar-refractivity contribution in [3.05, 3.63) is 34.6 Å². The van der Waals surface area contributed by atoms with E-state index in [1.807, 2.05) is 0 Å². The molecule has 0 N–H and O–H groups in total. The third-order valence-electron chi connectivity index (χ3n) is 3.37. The third-order valence-corrected chi connectivity index (χ3v) is 3.72. The topological polar surface area (TPSA) is 43.4 Å². The molecule has 18 heavy (non-hydrogen) atoms. The maximum atomic E-state index is 13.7. The van der Waals surface area contributed by atoms with E-state index in [0.717, 1.165) is 0 Å². The van der Waals surface area contributed by atoms with E-state index in [-0.39, 0.29) is 35.8 Å². The van der Waals surface area contributed by atoms with Crippen molar-refractivity contribution in [3.63, 3.8) is 0 Å². The molecular weight excluding hydrogens is 259 g/mol. The van der Waals surface area contributed by atoms with Gasteiger partial charge < -0.3 is 4.74 Å². The SMILES string of the molecule is CC(=O)C1(Cc2c(F)cccc2Cl)CCOC1=O. The lowest BCUT2D eigenvalue weighted by molar-refractivity contribution is -0.150. The van der Waals surface area contributed by atoms with Gasteiger partial charge in [0, 0.05) is 17.0 Å². The Hall–Kier alpha value is -1.42. The van der Waals surface area contributed by atoms with Crippen LogP contribution in [0.2, 0.25) is 5.02 Å². The van der Waals surface area contributed by atoms with Crippen LogP contribution in [0.25, 0.3) is 0 Å². The Morgan fingerprint density at radius 2 is 2.28 bits per heavy atom. The monoisotopic (exact) mass is 270 g/mol. The smallest absolute Gasteiger partial charge is 0.320 e. The minimum absolute atomic E-state index is 0.0489.